The van der Waals surface area contributed by atoms with Crippen molar-refractivity contribution in [1.29, 1.82) is 0 Å². The molecule has 0 bridgehead atoms. The summed E-state index contributed by atoms with van der Waals surface area (Å²) in [6.07, 6.45) is -0.781. The maximum atomic E-state index is 9.29. The summed E-state index contributed by atoms with van der Waals surface area (Å²) in [5.41, 5.74) is 0. The summed E-state index contributed by atoms with van der Waals surface area (Å²) >= 11 is 1.37. The van der Waals surface area contributed by atoms with Crippen molar-refractivity contribution in [1.82, 2.24) is 5.32 Å². The van der Waals surface area contributed by atoms with Crippen molar-refractivity contribution in [3.05, 3.63) is 0 Å². The molecule has 0 aromatic carbocycles. The zero-order valence-electron chi connectivity index (χ0n) is 5.29. The normalized spacial score (nSPS) is 45.0. The van der Waals surface area contributed by atoms with Crippen LogP contribution in [0.15, 0.2) is 0 Å². The third-order valence-electron chi connectivity index (χ3n) is 1.34. The molecule has 9 heavy (non-hydrogen) atoms. The van der Waals surface area contributed by atoms with Crippen LogP contribution in [0.25, 0.3) is 0 Å². The van der Waals surface area contributed by atoms with Gasteiger partial charge in [0.25, 0.3) is 0 Å². The number of nitrogens with one attached hydrogen (secondary N) is 1. The Balaban J connectivity index is 2.49. The average Bonchev–Trinajstić information content (AvgIpc) is 1.77. The smallest absolute Gasteiger partial charge is 0.146 e. The van der Waals surface area contributed by atoms with Crippen molar-refractivity contribution in [2.24, 2.45) is 0 Å². The van der Waals surface area contributed by atoms with Gasteiger partial charge in [0, 0.05) is 12.3 Å². The second-order valence-electron chi connectivity index (χ2n) is 2.26. The molecule has 1 aliphatic heterocycles. The molecule has 0 aromatic heterocycles. The van der Waals surface area contributed by atoms with E-state index >= 15 is 0 Å². The second kappa shape index (κ2) is 2.46. The molecule has 2 atom stereocenters. The van der Waals surface area contributed by atoms with Crippen LogP contribution in [0, 0.1) is 0 Å². The van der Waals surface area contributed by atoms with Gasteiger partial charge in [-0.25, -0.2) is 0 Å². The summed E-state index contributed by atoms with van der Waals surface area (Å²) in [7, 11) is 0. The van der Waals surface area contributed by atoms with Crippen LogP contribution < -0.4 is 5.32 Å². The van der Waals surface area contributed by atoms with E-state index in [1.807, 2.05) is 0 Å². The quantitative estimate of drug-likeness (QED) is 0.428. The molecule has 3 N–H and O–H groups in total. The summed E-state index contributed by atoms with van der Waals surface area (Å²) in [4.78, 5) is -1.00. The molecule has 4 heteroatoms. The average molecular weight is 149 g/mol. The minimum absolute atomic E-state index is 0.766. The van der Waals surface area contributed by atoms with Gasteiger partial charge in [0.2, 0.25) is 0 Å². The Bertz CT molecular complexity index is 107. The van der Waals surface area contributed by atoms with Crippen molar-refractivity contribution >= 4 is 11.8 Å². The first-order chi connectivity index (χ1) is 4.13. The SMILES string of the molecule is CC1(O)SCCNC1O. The van der Waals surface area contributed by atoms with Crippen molar-refractivity contribution in [2.45, 2.75) is 18.1 Å². The van der Waals surface area contributed by atoms with E-state index in [9.17, 15) is 5.11 Å². The van der Waals surface area contributed by atoms with Crippen LogP contribution in [0.2, 0.25) is 0 Å². The Morgan fingerprint density at radius 1 is 1.78 bits per heavy atom. The van der Waals surface area contributed by atoms with E-state index in [1.54, 1.807) is 6.92 Å². The van der Waals surface area contributed by atoms with Gasteiger partial charge >= 0.3 is 0 Å². The van der Waals surface area contributed by atoms with Crippen LogP contribution in [0.4, 0.5) is 0 Å². The Labute approximate surface area is 58.5 Å². The topological polar surface area (TPSA) is 52.5 Å². The third kappa shape index (κ3) is 1.58. The van der Waals surface area contributed by atoms with Gasteiger partial charge < -0.3 is 10.2 Å². The molecule has 0 aliphatic carbocycles. The van der Waals surface area contributed by atoms with Crippen LogP contribution in [0.3, 0.4) is 0 Å². The Hall–Kier alpha value is 0.230. The molecule has 1 fully saturated rings. The summed E-state index contributed by atoms with van der Waals surface area (Å²) in [5, 5.41) is 21.1. The Morgan fingerprint density at radius 3 is 2.78 bits per heavy atom. The van der Waals surface area contributed by atoms with E-state index in [1.165, 1.54) is 11.8 Å². The fourth-order valence-corrected chi connectivity index (χ4v) is 1.60. The number of hydrogen-bond acceptors (Lipinski definition) is 4. The number of aliphatic hydroxyl groups is 2. The zero-order chi connectivity index (χ0) is 6.91. The van der Waals surface area contributed by atoms with Gasteiger partial charge in [0.05, 0.1) is 0 Å². The maximum Gasteiger partial charge on any atom is 0.146 e. The Morgan fingerprint density at radius 2 is 2.44 bits per heavy atom. The summed E-state index contributed by atoms with van der Waals surface area (Å²) in [5.74, 6) is 0.851. The molecule has 1 saturated heterocycles. The third-order valence-corrected chi connectivity index (χ3v) is 2.56. The van der Waals surface area contributed by atoms with E-state index in [0.29, 0.717) is 0 Å². The molecule has 1 rings (SSSR count). The van der Waals surface area contributed by atoms with Crippen LogP contribution >= 0.6 is 11.8 Å². The van der Waals surface area contributed by atoms with Crippen LogP contribution in [0.5, 0.6) is 0 Å². The lowest BCUT2D eigenvalue weighted by molar-refractivity contribution is -0.0175. The summed E-state index contributed by atoms with van der Waals surface area (Å²) in [6, 6.07) is 0. The van der Waals surface area contributed by atoms with Crippen LogP contribution in [-0.2, 0) is 0 Å². The molecule has 1 heterocycles. The van der Waals surface area contributed by atoms with Gasteiger partial charge in [-0.2, -0.15) is 0 Å². The summed E-state index contributed by atoms with van der Waals surface area (Å²) in [6.45, 7) is 2.37. The minimum atomic E-state index is -1.00. The zero-order valence-corrected chi connectivity index (χ0v) is 6.11. The highest BCUT2D eigenvalue weighted by molar-refractivity contribution is 8.00. The molecule has 3 nitrogen and oxygen atoms in total. The monoisotopic (exact) mass is 149 g/mol. The highest BCUT2D eigenvalue weighted by Gasteiger charge is 2.33. The van der Waals surface area contributed by atoms with E-state index in [0.717, 1.165) is 12.3 Å². The van der Waals surface area contributed by atoms with E-state index in [4.69, 9.17) is 5.11 Å². The van der Waals surface area contributed by atoms with Crippen molar-refractivity contribution in [3.63, 3.8) is 0 Å². The number of aliphatic hydroxyl groups excluding tert-OH is 1. The first-order valence-corrected chi connectivity index (χ1v) is 3.89. The molecule has 0 amide bonds. The van der Waals surface area contributed by atoms with Gasteiger partial charge in [-0.05, 0) is 6.92 Å². The Kier molecular flexibility index (Phi) is 2.00. The lowest BCUT2D eigenvalue weighted by Gasteiger charge is -2.33. The molecular weight excluding hydrogens is 138 g/mol. The molecule has 54 valence electrons. The summed E-state index contributed by atoms with van der Waals surface area (Å²) < 4.78 is 0. The van der Waals surface area contributed by atoms with Gasteiger partial charge in [-0.3, -0.25) is 5.32 Å². The van der Waals surface area contributed by atoms with Gasteiger partial charge in [-0.15, -0.1) is 11.8 Å². The van der Waals surface area contributed by atoms with Crippen molar-refractivity contribution in [3.8, 4) is 0 Å². The molecule has 0 radical (unpaired) electrons. The molecule has 0 saturated carbocycles. The standard InChI is InChI=1S/C5H11NO2S/c1-5(8)4(7)6-2-3-9-5/h4,6-8H,2-3H2,1H3. The first kappa shape index (κ1) is 7.34. The van der Waals surface area contributed by atoms with Crippen LogP contribution in [0.1, 0.15) is 6.92 Å². The minimum Gasteiger partial charge on any atom is -0.376 e. The van der Waals surface area contributed by atoms with Crippen LogP contribution in [-0.4, -0.2) is 33.7 Å². The largest absolute Gasteiger partial charge is 0.376 e. The van der Waals surface area contributed by atoms with E-state index < -0.39 is 11.2 Å². The van der Waals surface area contributed by atoms with Gasteiger partial charge in [0.1, 0.15) is 11.2 Å². The predicted molar refractivity (Wildman–Crippen MR) is 37.1 cm³/mol. The highest BCUT2D eigenvalue weighted by atomic mass is 32.2. The highest BCUT2D eigenvalue weighted by Crippen LogP contribution is 2.26. The molecule has 0 spiro atoms. The second-order valence-corrected chi connectivity index (χ2v) is 3.78. The fourth-order valence-electron chi connectivity index (χ4n) is 0.722. The lowest BCUT2D eigenvalue weighted by atomic mass is 10.3. The number of thioether (sulfide) groups is 1. The van der Waals surface area contributed by atoms with E-state index in [2.05, 4.69) is 5.32 Å². The lowest BCUT2D eigenvalue weighted by Crippen LogP contribution is -2.51. The maximum absolute atomic E-state index is 9.29. The fraction of sp³-hybridized carbons (Fsp3) is 1.00. The number of rotatable bonds is 0. The molecular formula is C5H11NO2S. The van der Waals surface area contributed by atoms with Gasteiger partial charge in [-0.1, -0.05) is 0 Å². The predicted octanol–water partition coefficient (Wildman–Crippen LogP) is -0.650. The molecule has 0 aromatic rings. The van der Waals surface area contributed by atoms with Gasteiger partial charge in [0.15, 0.2) is 0 Å². The first-order valence-electron chi connectivity index (χ1n) is 2.91. The molecule has 1 aliphatic rings. The molecule has 2 unspecified atom stereocenters. The van der Waals surface area contributed by atoms with Crippen molar-refractivity contribution in [2.75, 3.05) is 12.3 Å². The van der Waals surface area contributed by atoms with E-state index in [-0.39, 0.29) is 0 Å². The van der Waals surface area contributed by atoms with Crippen molar-refractivity contribution < 1.29 is 10.2 Å². The number of hydrogen-bond donors (Lipinski definition) is 3.